The quantitative estimate of drug-likeness (QED) is 0.836. The summed E-state index contributed by atoms with van der Waals surface area (Å²) in [7, 11) is 0. The van der Waals surface area contributed by atoms with E-state index in [-0.39, 0.29) is 0 Å². The van der Waals surface area contributed by atoms with Gasteiger partial charge in [0.25, 0.3) is 0 Å². The summed E-state index contributed by atoms with van der Waals surface area (Å²) in [5.74, 6) is 0. The highest BCUT2D eigenvalue weighted by atomic mass is 32.1. The summed E-state index contributed by atoms with van der Waals surface area (Å²) in [5.41, 5.74) is 3.63. The third-order valence-electron chi connectivity index (χ3n) is 3.55. The van der Waals surface area contributed by atoms with E-state index in [1.165, 1.54) is 16.6 Å². The van der Waals surface area contributed by atoms with Crippen LogP contribution in [-0.4, -0.2) is 34.1 Å². The van der Waals surface area contributed by atoms with E-state index in [9.17, 15) is 0 Å². The van der Waals surface area contributed by atoms with Crippen molar-refractivity contribution in [1.29, 1.82) is 0 Å². The van der Waals surface area contributed by atoms with Gasteiger partial charge in [-0.05, 0) is 43.9 Å². The van der Waals surface area contributed by atoms with Crippen molar-refractivity contribution in [2.45, 2.75) is 27.3 Å². The summed E-state index contributed by atoms with van der Waals surface area (Å²) in [6.07, 6.45) is 0. The summed E-state index contributed by atoms with van der Waals surface area (Å²) in [5, 5.41) is 0. The molecule has 0 saturated carbocycles. The van der Waals surface area contributed by atoms with Crippen LogP contribution in [0.15, 0.2) is 18.2 Å². The highest BCUT2D eigenvalue weighted by Crippen LogP contribution is 2.17. The molecule has 0 amide bonds. The molecule has 1 N–H and O–H groups in total. The van der Waals surface area contributed by atoms with Crippen LogP contribution in [-0.2, 0) is 6.54 Å². The van der Waals surface area contributed by atoms with Crippen LogP contribution in [0.2, 0.25) is 0 Å². The van der Waals surface area contributed by atoms with Crippen molar-refractivity contribution in [3.05, 3.63) is 28.5 Å². The van der Waals surface area contributed by atoms with Gasteiger partial charge in [-0.2, -0.15) is 0 Å². The first-order valence-corrected chi connectivity index (χ1v) is 6.98. The molecule has 0 bridgehead atoms. The average molecular weight is 263 g/mol. The number of rotatable bonds is 5. The van der Waals surface area contributed by atoms with Crippen molar-refractivity contribution in [3.8, 4) is 0 Å². The molecule has 4 heteroatoms. The van der Waals surface area contributed by atoms with Gasteiger partial charge in [-0.3, -0.25) is 0 Å². The summed E-state index contributed by atoms with van der Waals surface area (Å²) < 4.78 is 3.03. The number of imidazole rings is 1. The molecule has 0 unspecified atom stereocenters. The van der Waals surface area contributed by atoms with E-state index < -0.39 is 0 Å². The largest absolute Gasteiger partial charge is 0.330 e. The van der Waals surface area contributed by atoms with Gasteiger partial charge >= 0.3 is 0 Å². The lowest BCUT2D eigenvalue weighted by Crippen LogP contribution is -2.27. The second-order valence-corrected chi connectivity index (χ2v) is 4.96. The standard InChI is InChI=1S/C14H21N3S/c1-4-16(5-2)9-10-17-12-8-6-7-11(3)13(12)15-14(17)18/h6-8H,4-5,9-10H2,1-3H3,(H,15,18). The van der Waals surface area contributed by atoms with E-state index in [1.807, 2.05) is 0 Å². The number of likely N-dealkylation sites (N-methyl/N-ethyl adjacent to an activating group) is 1. The van der Waals surface area contributed by atoms with Crippen LogP contribution in [0.25, 0.3) is 11.0 Å². The van der Waals surface area contributed by atoms with Crippen LogP contribution < -0.4 is 0 Å². The van der Waals surface area contributed by atoms with Crippen LogP contribution in [0.1, 0.15) is 19.4 Å². The maximum absolute atomic E-state index is 5.43. The minimum atomic E-state index is 0.825. The Morgan fingerprint density at radius 1 is 1.28 bits per heavy atom. The van der Waals surface area contributed by atoms with Crippen molar-refractivity contribution in [2.24, 2.45) is 0 Å². The molecule has 1 aromatic carbocycles. The van der Waals surface area contributed by atoms with Gasteiger partial charge in [0, 0.05) is 13.1 Å². The first-order valence-electron chi connectivity index (χ1n) is 6.57. The first kappa shape index (κ1) is 13.3. The predicted octanol–water partition coefficient (Wildman–Crippen LogP) is 3.35. The minimum Gasteiger partial charge on any atom is -0.330 e. The third kappa shape index (κ3) is 2.49. The number of para-hydroxylation sites is 1. The molecule has 1 heterocycles. The molecule has 0 saturated heterocycles. The predicted molar refractivity (Wildman–Crippen MR) is 79.6 cm³/mol. The molecule has 2 aromatic rings. The van der Waals surface area contributed by atoms with Gasteiger partial charge in [0.1, 0.15) is 0 Å². The Bertz CT molecular complexity index is 578. The van der Waals surface area contributed by atoms with Crippen LogP contribution in [0.5, 0.6) is 0 Å². The number of hydrogen-bond acceptors (Lipinski definition) is 2. The van der Waals surface area contributed by atoms with Crippen molar-refractivity contribution in [3.63, 3.8) is 0 Å². The van der Waals surface area contributed by atoms with E-state index in [2.05, 4.69) is 53.4 Å². The van der Waals surface area contributed by atoms with Crippen LogP contribution in [0.4, 0.5) is 0 Å². The van der Waals surface area contributed by atoms with Gasteiger partial charge in [-0.25, -0.2) is 0 Å². The Hall–Kier alpha value is -1.13. The van der Waals surface area contributed by atoms with Gasteiger partial charge in [-0.15, -0.1) is 0 Å². The number of aromatic nitrogens is 2. The maximum Gasteiger partial charge on any atom is 0.178 e. The van der Waals surface area contributed by atoms with Crippen molar-refractivity contribution < 1.29 is 0 Å². The third-order valence-corrected chi connectivity index (χ3v) is 3.88. The molecule has 0 aliphatic carbocycles. The molecule has 0 atom stereocenters. The summed E-state index contributed by atoms with van der Waals surface area (Å²) in [6, 6.07) is 6.34. The minimum absolute atomic E-state index is 0.825. The Kier molecular flexibility index (Phi) is 4.19. The van der Waals surface area contributed by atoms with E-state index >= 15 is 0 Å². The van der Waals surface area contributed by atoms with Crippen LogP contribution >= 0.6 is 12.2 Å². The number of fused-ring (bicyclic) bond motifs is 1. The van der Waals surface area contributed by atoms with Crippen LogP contribution in [0.3, 0.4) is 0 Å². The first-order chi connectivity index (χ1) is 8.67. The van der Waals surface area contributed by atoms with E-state index in [4.69, 9.17) is 12.2 Å². The monoisotopic (exact) mass is 263 g/mol. The molecular weight excluding hydrogens is 242 g/mol. The van der Waals surface area contributed by atoms with Crippen molar-refractivity contribution in [1.82, 2.24) is 14.5 Å². The zero-order chi connectivity index (χ0) is 13.1. The molecule has 0 radical (unpaired) electrons. The zero-order valence-electron chi connectivity index (χ0n) is 11.4. The fourth-order valence-electron chi connectivity index (χ4n) is 2.33. The van der Waals surface area contributed by atoms with E-state index in [0.29, 0.717) is 0 Å². The molecule has 18 heavy (non-hydrogen) atoms. The topological polar surface area (TPSA) is 24.0 Å². The average Bonchev–Trinajstić information content (AvgIpc) is 2.69. The number of H-pyrrole nitrogens is 1. The number of hydrogen-bond donors (Lipinski definition) is 1. The zero-order valence-corrected chi connectivity index (χ0v) is 12.2. The molecule has 3 nitrogen and oxygen atoms in total. The normalized spacial score (nSPS) is 11.6. The number of aryl methyl sites for hydroxylation is 1. The molecule has 98 valence electrons. The smallest absolute Gasteiger partial charge is 0.178 e. The summed E-state index contributed by atoms with van der Waals surface area (Å²) >= 11 is 5.43. The molecular formula is C14H21N3S. The summed E-state index contributed by atoms with van der Waals surface area (Å²) in [6.45, 7) is 10.7. The fourth-order valence-corrected chi connectivity index (χ4v) is 2.62. The molecule has 1 aromatic heterocycles. The van der Waals surface area contributed by atoms with Gasteiger partial charge in [-0.1, -0.05) is 26.0 Å². The van der Waals surface area contributed by atoms with E-state index in [1.54, 1.807) is 0 Å². The Labute approximate surface area is 113 Å². The van der Waals surface area contributed by atoms with Gasteiger partial charge in [0.2, 0.25) is 0 Å². The Balaban J connectivity index is 2.31. The fraction of sp³-hybridized carbons (Fsp3) is 0.500. The van der Waals surface area contributed by atoms with Gasteiger partial charge < -0.3 is 14.5 Å². The van der Waals surface area contributed by atoms with Gasteiger partial charge in [0.05, 0.1) is 11.0 Å². The lowest BCUT2D eigenvalue weighted by atomic mass is 10.2. The van der Waals surface area contributed by atoms with Crippen molar-refractivity contribution >= 4 is 23.3 Å². The molecule has 0 spiro atoms. The summed E-state index contributed by atoms with van der Waals surface area (Å²) in [4.78, 5) is 5.73. The van der Waals surface area contributed by atoms with E-state index in [0.717, 1.165) is 31.0 Å². The van der Waals surface area contributed by atoms with Crippen molar-refractivity contribution in [2.75, 3.05) is 19.6 Å². The molecule has 2 rings (SSSR count). The Morgan fingerprint density at radius 2 is 2.00 bits per heavy atom. The second-order valence-electron chi connectivity index (χ2n) is 4.58. The maximum atomic E-state index is 5.43. The SMILES string of the molecule is CCN(CC)CCn1c(=S)[nH]c2c(C)cccc21. The second kappa shape index (κ2) is 5.67. The molecule has 0 aliphatic rings. The van der Waals surface area contributed by atoms with Crippen LogP contribution in [0, 0.1) is 11.7 Å². The molecule has 0 fully saturated rings. The number of benzene rings is 1. The highest BCUT2D eigenvalue weighted by Gasteiger charge is 2.07. The number of aromatic amines is 1. The lowest BCUT2D eigenvalue weighted by molar-refractivity contribution is 0.291. The number of nitrogens with one attached hydrogen (secondary N) is 1. The number of nitrogens with zero attached hydrogens (tertiary/aromatic N) is 2. The lowest BCUT2D eigenvalue weighted by Gasteiger charge is -2.18. The Morgan fingerprint density at radius 3 is 2.67 bits per heavy atom. The van der Waals surface area contributed by atoms with Gasteiger partial charge in [0.15, 0.2) is 4.77 Å². The molecule has 0 aliphatic heterocycles. The highest BCUT2D eigenvalue weighted by molar-refractivity contribution is 7.71.